The van der Waals surface area contributed by atoms with Gasteiger partial charge in [-0.15, -0.1) is 0 Å². The Balaban J connectivity index is -0.0000000233. The van der Waals surface area contributed by atoms with Crippen molar-refractivity contribution in [1.29, 1.82) is 0 Å². The van der Waals surface area contributed by atoms with E-state index in [4.69, 9.17) is 0 Å². The molecule has 0 N–H and O–H groups in total. The van der Waals surface area contributed by atoms with E-state index in [0.29, 0.717) is 0 Å². The van der Waals surface area contributed by atoms with Gasteiger partial charge < -0.3 is 4.79 Å². The second kappa shape index (κ2) is 25.7. The molecular formula is C5H12OReRfSi. The molecule has 0 unspecified atom stereocenters. The van der Waals surface area contributed by atoms with Gasteiger partial charge in [-0.05, 0) is 13.8 Å². The largest absolute Gasteiger partial charge is 0.300 e. The van der Waals surface area contributed by atoms with E-state index in [1.807, 2.05) is 0 Å². The quantitative estimate of drug-likeness (QED) is 0.404. The molecule has 4 heteroatoms. The predicted molar refractivity (Wildman–Crippen MR) is 33.8 cm³/mol. The van der Waals surface area contributed by atoms with Crippen LogP contribution in [0.5, 0.6) is 0 Å². The third-order valence-corrected chi connectivity index (χ3v) is 0. The summed E-state index contributed by atoms with van der Waals surface area (Å²) in [6.07, 6.45) is 0. The number of hydrogen-bond acceptors (Lipinski definition) is 1. The van der Waals surface area contributed by atoms with Gasteiger partial charge in [-0.1, -0.05) is 13.1 Å². The van der Waals surface area contributed by atoms with Crippen molar-refractivity contribution in [2.24, 2.45) is 0 Å². The minimum atomic E-state index is 0. The van der Waals surface area contributed by atoms with Crippen molar-refractivity contribution in [1.82, 2.24) is 0 Å². The summed E-state index contributed by atoms with van der Waals surface area (Å²) in [4.78, 5) is 9.44. The molecular weight excluding hydrogens is 557 g/mol. The van der Waals surface area contributed by atoms with E-state index in [1.54, 1.807) is 0 Å². The fourth-order valence-electron chi connectivity index (χ4n) is 0. The van der Waals surface area contributed by atoms with Crippen molar-refractivity contribution in [2.75, 3.05) is 0 Å². The van der Waals surface area contributed by atoms with E-state index in [-0.39, 0.29) is 26.2 Å². The average Bonchev–Trinajstić information content (AvgIpc) is 1.33. The minimum Gasteiger partial charge on any atom is -0.300 e. The summed E-state index contributed by atoms with van der Waals surface area (Å²) in [7, 11) is 1.08. The van der Waals surface area contributed by atoms with Crippen LogP contribution in [-0.4, -0.2) is 15.3 Å². The number of rotatable bonds is 0. The van der Waals surface area contributed by atoms with Gasteiger partial charge in [0.25, 0.3) is 0 Å². The standard InChI is InChI=1S/C3H6O.C2H6Si.Re.Rf/c1-3(2)4;1-3-2;;/h1-2H3;1-2H3;;. The Morgan fingerprint density at radius 3 is 1.22 bits per heavy atom. The van der Waals surface area contributed by atoms with Crippen LogP contribution in [0.25, 0.3) is 0 Å². The fraction of sp³-hybridized carbons (Fsp3) is 0.800. The maximum Gasteiger partial charge on any atom is 0.126 e. The van der Waals surface area contributed by atoms with E-state index in [1.165, 1.54) is 13.8 Å². The van der Waals surface area contributed by atoms with Crippen LogP contribution >= 0.6 is 0 Å². The first-order valence-corrected chi connectivity index (χ1v) is 4.20. The Kier molecular flexibility index (Phi) is 67.2. The van der Waals surface area contributed by atoms with Crippen molar-refractivity contribution in [3.8, 4) is 0 Å². The first-order valence-electron chi connectivity index (χ1n) is 2.20. The summed E-state index contributed by atoms with van der Waals surface area (Å²) in [5.74, 6) is 0.167. The van der Waals surface area contributed by atoms with E-state index in [0.717, 1.165) is 9.52 Å². The van der Waals surface area contributed by atoms with Gasteiger partial charge in [0.2, 0.25) is 0 Å². The molecule has 0 fully saturated rings. The number of hydrogen-bond donors (Lipinski definition) is 0. The SMILES string of the molecule is CC(C)=O.C[Si]C.[Re].[Rf]. The molecule has 0 aromatic heterocycles. The van der Waals surface area contributed by atoms with Crippen molar-refractivity contribution in [2.45, 2.75) is 26.9 Å². The predicted octanol–water partition coefficient (Wildman–Crippen LogP) is 1.38. The Morgan fingerprint density at radius 1 is 1.22 bits per heavy atom. The summed E-state index contributed by atoms with van der Waals surface area (Å²) in [5.41, 5.74) is 0. The average molecular weight is 569 g/mol. The number of carbonyl (C=O) groups is 1. The van der Waals surface area contributed by atoms with Gasteiger partial charge in [-0.3, -0.25) is 0 Å². The summed E-state index contributed by atoms with van der Waals surface area (Å²) in [6.45, 7) is 7.36. The van der Waals surface area contributed by atoms with Crippen LogP contribution in [-0.2, 0) is 25.2 Å². The second-order valence-electron chi connectivity index (χ2n) is 1.41. The molecule has 0 heterocycles. The molecule has 0 saturated carbocycles. The summed E-state index contributed by atoms with van der Waals surface area (Å²) in [5, 5.41) is 0. The van der Waals surface area contributed by atoms with Gasteiger partial charge in [-0.25, -0.2) is 0 Å². The van der Waals surface area contributed by atoms with Crippen LogP contribution in [0.15, 0.2) is 0 Å². The van der Waals surface area contributed by atoms with Crippen molar-refractivity contribution < 1.29 is 25.2 Å². The van der Waals surface area contributed by atoms with E-state index in [2.05, 4.69) is 13.1 Å². The van der Waals surface area contributed by atoms with Crippen LogP contribution in [0.3, 0.4) is 0 Å². The molecule has 0 atom stereocenters. The molecule has 0 spiro atoms. The Labute approximate surface area is 67.7 Å². The number of ketones is 1. The maximum atomic E-state index is 9.44. The zero-order chi connectivity index (χ0) is 6.28. The zero-order valence-corrected chi connectivity index (χ0v) is 16.6. The van der Waals surface area contributed by atoms with Crippen molar-refractivity contribution >= 4 is 15.3 Å². The minimum absolute atomic E-state index is 0. The van der Waals surface area contributed by atoms with Crippen LogP contribution in [0, 0.1) is 0 Å². The molecule has 0 aliphatic carbocycles. The van der Waals surface area contributed by atoms with Gasteiger partial charge in [0, 0.05) is 29.9 Å². The monoisotopic (exact) mass is 570 g/mol. The van der Waals surface area contributed by atoms with Crippen molar-refractivity contribution in [3.63, 3.8) is 0 Å². The summed E-state index contributed by atoms with van der Waals surface area (Å²) >= 11 is 0. The molecule has 0 rings (SSSR count). The van der Waals surface area contributed by atoms with Gasteiger partial charge in [0.15, 0.2) is 0 Å². The van der Waals surface area contributed by atoms with Gasteiger partial charge in [0.05, 0.1) is 0 Å². The normalized spacial score (nSPS) is 4.89. The molecule has 0 aromatic carbocycles. The Bertz CT molecular complexity index is 48.2. The third kappa shape index (κ3) is 1140. The molecule has 0 bridgehead atoms. The Hall–Kier alpha value is -0.451. The van der Waals surface area contributed by atoms with Gasteiger partial charge in [-0.2, -0.15) is 0 Å². The molecule has 0 aliphatic heterocycles. The topological polar surface area (TPSA) is 17.1 Å². The first kappa shape index (κ1) is 23.5. The molecule has 1 nitrogen and oxygen atoms in total. The summed E-state index contributed by atoms with van der Waals surface area (Å²) < 4.78 is 0. The molecule has 9 heavy (non-hydrogen) atoms. The molecule has 0 saturated heterocycles. The van der Waals surface area contributed by atoms with Gasteiger partial charge >= 0.3 is 0 Å². The Morgan fingerprint density at radius 2 is 1.22 bits per heavy atom. The molecule has 0 amide bonds. The third-order valence-electron chi connectivity index (χ3n) is 0. The van der Waals surface area contributed by atoms with E-state index in [9.17, 15) is 4.79 Å². The van der Waals surface area contributed by atoms with Gasteiger partial charge in [0.1, 0.15) is 5.78 Å². The second-order valence-corrected chi connectivity index (χ2v) is 2.41. The molecule has 0 aromatic rings. The van der Waals surface area contributed by atoms with Crippen molar-refractivity contribution in [3.05, 3.63) is 0 Å². The number of carbonyl (C=O) groups excluding carboxylic acids is 1. The van der Waals surface area contributed by atoms with Crippen LogP contribution in [0.2, 0.25) is 13.1 Å². The first-order chi connectivity index (χ1) is 3.15. The van der Waals surface area contributed by atoms with Crippen LogP contribution < -0.4 is 0 Å². The summed E-state index contributed by atoms with van der Waals surface area (Å²) in [6, 6.07) is 0. The number of Topliss-reactive ketones (excluding diaryl/α,β-unsaturated/α-hetero) is 1. The molecule has 3 radical (unpaired) electrons. The van der Waals surface area contributed by atoms with Crippen LogP contribution in [0.1, 0.15) is 13.8 Å². The molecule has 0 aliphatic rings. The zero-order valence-electron chi connectivity index (χ0n) is 6.49. The fourth-order valence-corrected chi connectivity index (χ4v) is 0. The molecule has 51 valence electrons. The van der Waals surface area contributed by atoms with E-state index >= 15 is 0 Å². The van der Waals surface area contributed by atoms with E-state index < -0.39 is 0 Å². The van der Waals surface area contributed by atoms with Crippen LogP contribution in [0.4, 0.5) is 0 Å². The maximum absolute atomic E-state index is 9.44. The smallest absolute Gasteiger partial charge is 0.126 e.